The van der Waals surface area contributed by atoms with Crippen molar-refractivity contribution in [3.8, 4) is 0 Å². The van der Waals surface area contributed by atoms with Gasteiger partial charge in [-0.05, 0) is 51.2 Å². The highest BCUT2D eigenvalue weighted by Crippen LogP contribution is 2.52. The Morgan fingerprint density at radius 1 is 1.35 bits per heavy atom. The molecule has 0 aromatic rings. The lowest BCUT2D eigenvalue weighted by atomic mass is 9.78. The summed E-state index contributed by atoms with van der Waals surface area (Å²) < 4.78 is 5.72. The molecular weight excluding hydrogens is 232 g/mol. The molecule has 2 fully saturated rings. The van der Waals surface area contributed by atoms with Crippen molar-refractivity contribution in [3.63, 3.8) is 0 Å². The zero-order chi connectivity index (χ0) is 12.5. The van der Waals surface area contributed by atoms with Crippen molar-refractivity contribution in [3.05, 3.63) is 0 Å². The molecule has 0 heterocycles. The van der Waals surface area contributed by atoms with E-state index in [0.29, 0.717) is 12.3 Å². The van der Waals surface area contributed by atoms with Gasteiger partial charge in [-0.1, -0.05) is 6.42 Å². The van der Waals surface area contributed by atoms with E-state index < -0.39 is 0 Å². The van der Waals surface area contributed by atoms with Crippen LogP contribution in [0.3, 0.4) is 0 Å². The Hall–Kier alpha value is -0.180. The maximum absolute atomic E-state index is 11.7. The topological polar surface area (TPSA) is 26.3 Å². The molecule has 0 N–H and O–H groups in total. The number of thioether (sulfide) groups is 1. The van der Waals surface area contributed by atoms with Crippen LogP contribution in [0.25, 0.3) is 0 Å². The monoisotopic (exact) mass is 256 g/mol. The average molecular weight is 256 g/mol. The van der Waals surface area contributed by atoms with Crippen molar-refractivity contribution in [2.24, 2.45) is 17.8 Å². The van der Waals surface area contributed by atoms with Crippen molar-refractivity contribution in [2.75, 3.05) is 12.0 Å². The third kappa shape index (κ3) is 2.98. The Kier molecular flexibility index (Phi) is 4.06. The van der Waals surface area contributed by atoms with Gasteiger partial charge in [0.25, 0.3) is 0 Å². The second kappa shape index (κ2) is 5.21. The minimum Gasteiger partial charge on any atom is -0.459 e. The van der Waals surface area contributed by atoms with Gasteiger partial charge < -0.3 is 4.74 Å². The van der Waals surface area contributed by atoms with Crippen LogP contribution < -0.4 is 0 Å². The fourth-order valence-corrected chi connectivity index (χ4v) is 4.07. The highest BCUT2D eigenvalue weighted by molar-refractivity contribution is 7.98. The van der Waals surface area contributed by atoms with Gasteiger partial charge in [0, 0.05) is 11.7 Å². The summed E-state index contributed by atoms with van der Waals surface area (Å²) in [6.45, 7) is 4.21. The molecule has 3 heteroatoms. The van der Waals surface area contributed by atoms with Crippen molar-refractivity contribution in [1.82, 2.24) is 0 Å². The first kappa shape index (κ1) is 13.3. The molecule has 17 heavy (non-hydrogen) atoms. The molecule has 2 bridgehead atoms. The summed E-state index contributed by atoms with van der Waals surface area (Å²) in [6, 6.07) is 0. The number of carbonyl (C=O) groups excluding carboxylic acids is 1. The largest absolute Gasteiger partial charge is 0.459 e. The van der Waals surface area contributed by atoms with Crippen LogP contribution in [0.5, 0.6) is 0 Å². The van der Waals surface area contributed by atoms with Crippen LogP contribution in [-0.2, 0) is 9.53 Å². The summed E-state index contributed by atoms with van der Waals surface area (Å²) in [4.78, 5) is 11.7. The van der Waals surface area contributed by atoms with E-state index in [1.54, 1.807) is 11.8 Å². The van der Waals surface area contributed by atoms with Crippen LogP contribution in [0.15, 0.2) is 0 Å². The van der Waals surface area contributed by atoms with Gasteiger partial charge in [0.15, 0.2) is 0 Å². The van der Waals surface area contributed by atoms with E-state index in [-0.39, 0.29) is 11.6 Å². The van der Waals surface area contributed by atoms with Crippen LogP contribution in [0, 0.1) is 17.8 Å². The number of ether oxygens (including phenoxy) is 1. The normalized spacial score (nSPS) is 31.8. The average Bonchev–Trinajstić information content (AvgIpc) is 2.87. The lowest BCUT2D eigenvalue weighted by Gasteiger charge is -2.36. The maximum Gasteiger partial charge on any atom is 0.307 e. The van der Waals surface area contributed by atoms with E-state index >= 15 is 0 Å². The molecule has 98 valence electrons. The lowest BCUT2D eigenvalue weighted by molar-refractivity contribution is -0.163. The number of hydrogen-bond donors (Lipinski definition) is 0. The second-order valence-electron chi connectivity index (χ2n) is 6.10. The molecule has 3 atom stereocenters. The van der Waals surface area contributed by atoms with Gasteiger partial charge >= 0.3 is 5.97 Å². The summed E-state index contributed by atoms with van der Waals surface area (Å²) in [7, 11) is 0. The first-order valence-electron chi connectivity index (χ1n) is 6.73. The number of rotatable bonds is 5. The number of fused-ring (bicyclic) bond motifs is 2. The minimum atomic E-state index is -0.255. The molecule has 2 rings (SSSR count). The standard InChI is InChI=1S/C14H24O2S/c1-14(2,16-13(15)6-7-17-3)12-9-10-4-5-11(12)8-10/h10-12H,4-9H2,1-3H3. The molecule has 0 spiro atoms. The maximum atomic E-state index is 11.7. The van der Waals surface area contributed by atoms with Gasteiger partial charge in [0.05, 0.1) is 6.42 Å². The van der Waals surface area contributed by atoms with E-state index in [0.717, 1.165) is 17.6 Å². The van der Waals surface area contributed by atoms with Gasteiger partial charge in [-0.3, -0.25) is 4.79 Å². The predicted octanol–water partition coefficient (Wildman–Crippen LogP) is 3.50. The molecule has 0 amide bonds. The van der Waals surface area contributed by atoms with E-state index in [4.69, 9.17) is 4.74 Å². The van der Waals surface area contributed by atoms with Crippen molar-refractivity contribution < 1.29 is 9.53 Å². The second-order valence-corrected chi connectivity index (χ2v) is 7.09. The first-order chi connectivity index (χ1) is 8.03. The Morgan fingerprint density at radius 3 is 2.65 bits per heavy atom. The molecule has 0 saturated heterocycles. The van der Waals surface area contributed by atoms with E-state index in [9.17, 15) is 4.79 Å². The summed E-state index contributed by atoms with van der Waals surface area (Å²) in [5.41, 5.74) is -0.255. The molecule has 0 aromatic carbocycles. The molecule has 2 aliphatic carbocycles. The Labute approximate surface area is 109 Å². The lowest BCUT2D eigenvalue weighted by Crippen LogP contribution is -2.39. The first-order valence-corrected chi connectivity index (χ1v) is 8.13. The summed E-state index contributed by atoms with van der Waals surface area (Å²) in [5, 5.41) is 0. The van der Waals surface area contributed by atoms with Crippen molar-refractivity contribution in [2.45, 2.75) is 51.6 Å². The van der Waals surface area contributed by atoms with Crippen LogP contribution in [-0.4, -0.2) is 23.6 Å². The highest BCUT2D eigenvalue weighted by atomic mass is 32.2. The molecule has 2 saturated carbocycles. The number of carbonyl (C=O) groups is 1. The molecule has 3 unspecified atom stereocenters. The van der Waals surface area contributed by atoms with E-state index in [1.165, 1.54) is 25.7 Å². The molecule has 0 radical (unpaired) electrons. The molecule has 0 aromatic heterocycles. The van der Waals surface area contributed by atoms with Gasteiger partial charge in [-0.15, -0.1) is 0 Å². The zero-order valence-corrected chi connectivity index (χ0v) is 12.0. The number of hydrogen-bond acceptors (Lipinski definition) is 3. The van der Waals surface area contributed by atoms with E-state index in [2.05, 4.69) is 13.8 Å². The molecule has 2 aliphatic rings. The quantitative estimate of drug-likeness (QED) is 0.704. The van der Waals surface area contributed by atoms with Crippen molar-refractivity contribution >= 4 is 17.7 Å². The molecule has 2 nitrogen and oxygen atoms in total. The van der Waals surface area contributed by atoms with Gasteiger partial charge in [0.1, 0.15) is 5.60 Å². The van der Waals surface area contributed by atoms with Gasteiger partial charge in [-0.25, -0.2) is 0 Å². The third-order valence-corrected chi connectivity index (χ3v) is 5.13. The SMILES string of the molecule is CSCCC(=O)OC(C)(C)C1CC2CCC1C2. The zero-order valence-electron chi connectivity index (χ0n) is 11.2. The van der Waals surface area contributed by atoms with Crippen LogP contribution in [0.1, 0.15) is 46.0 Å². The minimum absolute atomic E-state index is 0.0212. The number of esters is 1. The van der Waals surface area contributed by atoms with Crippen LogP contribution in [0.2, 0.25) is 0 Å². The third-order valence-electron chi connectivity index (χ3n) is 4.52. The fourth-order valence-electron chi connectivity index (χ4n) is 3.70. The Balaban J connectivity index is 1.88. The van der Waals surface area contributed by atoms with Crippen LogP contribution in [0.4, 0.5) is 0 Å². The van der Waals surface area contributed by atoms with Gasteiger partial charge in [0.2, 0.25) is 0 Å². The summed E-state index contributed by atoms with van der Waals surface area (Å²) >= 11 is 1.70. The highest BCUT2D eigenvalue weighted by Gasteiger charge is 2.48. The van der Waals surface area contributed by atoms with Crippen molar-refractivity contribution in [1.29, 1.82) is 0 Å². The molecular formula is C14H24O2S. The summed E-state index contributed by atoms with van der Waals surface area (Å²) in [5.74, 6) is 3.16. The van der Waals surface area contributed by atoms with Gasteiger partial charge in [-0.2, -0.15) is 11.8 Å². The molecule has 0 aliphatic heterocycles. The predicted molar refractivity (Wildman–Crippen MR) is 72.1 cm³/mol. The van der Waals surface area contributed by atoms with Crippen LogP contribution >= 0.6 is 11.8 Å². The Bertz CT molecular complexity index is 288. The Morgan fingerprint density at radius 2 is 2.12 bits per heavy atom. The smallest absolute Gasteiger partial charge is 0.307 e. The summed E-state index contributed by atoms with van der Waals surface area (Å²) in [6.07, 6.45) is 7.96. The fraction of sp³-hybridized carbons (Fsp3) is 0.929. The van der Waals surface area contributed by atoms with E-state index in [1.807, 2.05) is 6.26 Å².